The largest absolute Gasteiger partial charge is 0.309 e. The third-order valence-electron chi connectivity index (χ3n) is 4.04. The van der Waals surface area contributed by atoms with Crippen LogP contribution in [0.25, 0.3) is 0 Å². The number of hydrogen-bond donors (Lipinski definition) is 1. The van der Waals surface area contributed by atoms with E-state index in [1.165, 1.54) is 28.5 Å². The topological polar surface area (TPSA) is 49.4 Å². The Morgan fingerprint density at radius 2 is 2.05 bits per heavy atom. The average molecular weight is 395 g/mol. The van der Waals surface area contributed by atoms with Crippen LogP contribution in [0.1, 0.15) is 38.5 Å². The van der Waals surface area contributed by atoms with Gasteiger partial charge in [0.15, 0.2) is 0 Å². The molecule has 0 aromatic carbocycles. The van der Waals surface area contributed by atoms with Crippen LogP contribution >= 0.6 is 27.3 Å². The molecule has 1 aliphatic carbocycles. The molecule has 0 spiro atoms. The van der Waals surface area contributed by atoms with E-state index in [-0.39, 0.29) is 12.0 Å². The van der Waals surface area contributed by atoms with Gasteiger partial charge in [-0.2, -0.15) is 4.31 Å². The van der Waals surface area contributed by atoms with Crippen LogP contribution in [0.4, 0.5) is 0 Å². The Labute approximate surface area is 140 Å². The van der Waals surface area contributed by atoms with E-state index < -0.39 is 10.0 Å². The second-order valence-electron chi connectivity index (χ2n) is 6.01. The highest BCUT2D eigenvalue weighted by Crippen LogP contribution is 2.34. The van der Waals surface area contributed by atoms with Crippen molar-refractivity contribution >= 4 is 37.3 Å². The zero-order valence-corrected chi connectivity index (χ0v) is 16.1. The number of thiophene rings is 1. The highest BCUT2D eigenvalue weighted by molar-refractivity contribution is 9.11. The van der Waals surface area contributed by atoms with E-state index in [0.717, 1.165) is 11.4 Å². The van der Waals surface area contributed by atoms with Crippen molar-refractivity contribution in [3.8, 4) is 0 Å². The summed E-state index contributed by atoms with van der Waals surface area (Å²) >= 11 is 4.91. The van der Waals surface area contributed by atoms with E-state index in [0.29, 0.717) is 14.7 Å². The van der Waals surface area contributed by atoms with Gasteiger partial charge in [-0.1, -0.05) is 13.8 Å². The Bertz CT molecular complexity index is 594. The molecule has 7 heteroatoms. The van der Waals surface area contributed by atoms with Gasteiger partial charge in [0.2, 0.25) is 10.0 Å². The molecule has 0 radical (unpaired) electrons. The highest BCUT2D eigenvalue weighted by atomic mass is 79.9. The van der Waals surface area contributed by atoms with Crippen molar-refractivity contribution < 1.29 is 8.42 Å². The molecule has 0 saturated heterocycles. The van der Waals surface area contributed by atoms with Crippen LogP contribution < -0.4 is 5.32 Å². The second kappa shape index (κ2) is 6.66. The molecule has 120 valence electrons. The summed E-state index contributed by atoms with van der Waals surface area (Å²) in [7, 11) is -1.79. The summed E-state index contributed by atoms with van der Waals surface area (Å²) < 4.78 is 27.7. The molecule has 2 rings (SSSR count). The molecule has 1 aromatic heterocycles. The van der Waals surface area contributed by atoms with E-state index in [2.05, 4.69) is 21.2 Å². The minimum Gasteiger partial charge on any atom is -0.309 e. The summed E-state index contributed by atoms with van der Waals surface area (Å²) in [6.07, 6.45) is 2.46. The molecular weight excluding hydrogens is 372 g/mol. The molecule has 1 heterocycles. The maximum absolute atomic E-state index is 12.7. The predicted octanol–water partition coefficient (Wildman–Crippen LogP) is 3.43. The molecule has 21 heavy (non-hydrogen) atoms. The Kier molecular flexibility index (Phi) is 5.52. The van der Waals surface area contributed by atoms with Gasteiger partial charge in [-0.25, -0.2) is 8.42 Å². The quantitative estimate of drug-likeness (QED) is 0.770. The van der Waals surface area contributed by atoms with Crippen LogP contribution in [0.5, 0.6) is 0 Å². The van der Waals surface area contributed by atoms with Crippen LogP contribution in [-0.2, 0) is 16.6 Å². The Morgan fingerprint density at radius 3 is 2.57 bits per heavy atom. The third kappa shape index (κ3) is 4.07. The average Bonchev–Trinajstić information content (AvgIpc) is 3.16. The fourth-order valence-corrected chi connectivity index (χ4v) is 6.06. The van der Waals surface area contributed by atoms with E-state index in [1.54, 1.807) is 13.1 Å². The van der Waals surface area contributed by atoms with Gasteiger partial charge in [-0.15, -0.1) is 11.3 Å². The highest BCUT2D eigenvalue weighted by Gasteiger charge is 2.30. The van der Waals surface area contributed by atoms with Crippen LogP contribution in [0.3, 0.4) is 0 Å². The van der Waals surface area contributed by atoms with Crippen molar-refractivity contribution in [3.05, 3.63) is 14.7 Å². The van der Waals surface area contributed by atoms with Gasteiger partial charge < -0.3 is 5.32 Å². The van der Waals surface area contributed by atoms with Crippen molar-refractivity contribution in [2.24, 2.45) is 5.92 Å². The summed E-state index contributed by atoms with van der Waals surface area (Å²) in [6.45, 7) is 6.75. The summed E-state index contributed by atoms with van der Waals surface area (Å²) in [5, 5.41) is 3.42. The van der Waals surface area contributed by atoms with Crippen molar-refractivity contribution in [2.45, 2.75) is 57.1 Å². The normalized spacial score (nSPS) is 17.7. The minimum absolute atomic E-state index is 0.0326. The van der Waals surface area contributed by atoms with E-state index >= 15 is 0 Å². The molecule has 1 aliphatic rings. The molecule has 1 N–H and O–H groups in total. The standard InChI is InChI=1S/C14H23BrN2O2S2/c1-9(2)10(3)17(4)21(18,19)13-7-12(20-14(13)15)8-16-11-5-6-11/h7,9-11,16H,5-6,8H2,1-4H3. The summed E-state index contributed by atoms with van der Waals surface area (Å²) in [5.41, 5.74) is 0. The molecule has 1 saturated carbocycles. The number of nitrogens with zero attached hydrogens (tertiary/aromatic N) is 1. The van der Waals surface area contributed by atoms with Crippen LogP contribution in [0, 0.1) is 5.92 Å². The summed E-state index contributed by atoms with van der Waals surface area (Å²) in [4.78, 5) is 1.44. The van der Waals surface area contributed by atoms with Crippen molar-refractivity contribution in [1.82, 2.24) is 9.62 Å². The maximum Gasteiger partial charge on any atom is 0.245 e. The van der Waals surface area contributed by atoms with Crippen molar-refractivity contribution in [3.63, 3.8) is 0 Å². The first-order valence-electron chi connectivity index (χ1n) is 7.23. The van der Waals surface area contributed by atoms with Gasteiger partial charge in [-0.3, -0.25) is 0 Å². The lowest BCUT2D eigenvalue weighted by Gasteiger charge is -2.26. The van der Waals surface area contributed by atoms with Crippen LogP contribution in [0.2, 0.25) is 0 Å². The molecule has 1 aromatic rings. The van der Waals surface area contributed by atoms with E-state index in [9.17, 15) is 8.42 Å². The Morgan fingerprint density at radius 1 is 1.43 bits per heavy atom. The van der Waals surface area contributed by atoms with Gasteiger partial charge in [0, 0.05) is 30.6 Å². The monoisotopic (exact) mass is 394 g/mol. The first-order valence-corrected chi connectivity index (χ1v) is 10.3. The minimum atomic E-state index is -3.45. The van der Waals surface area contributed by atoms with Gasteiger partial charge >= 0.3 is 0 Å². The van der Waals surface area contributed by atoms with Crippen LogP contribution in [0.15, 0.2) is 14.7 Å². The molecule has 0 amide bonds. The molecule has 0 bridgehead atoms. The van der Waals surface area contributed by atoms with Gasteiger partial charge in [0.25, 0.3) is 0 Å². The van der Waals surface area contributed by atoms with E-state index in [4.69, 9.17) is 0 Å². The number of halogens is 1. The molecule has 4 nitrogen and oxygen atoms in total. The Balaban J connectivity index is 2.18. The maximum atomic E-state index is 12.7. The number of sulfonamides is 1. The predicted molar refractivity (Wildman–Crippen MR) is 91.1 cm³/mol. The zero-order chi connectivity index (χ0) is 15.8. The smallest absolute Gasteiger partial charge is 0.245 e. The molecule has 1 fully saturated rings. The lowest BCUT2D eigenvalue weighted by molar-refractivity contribution is 0.315. The molecule has 1 unspecified atom stereocenters. The fourth-order valence-electron chi connectivity index (χ4n) is 1.99. The van der Waals surface area contributed by atoms with Gasteiger partial charge in [0.05, 0.1) is 3.79 Å². The lowest BCUT2D eigenvalue weighted by atomic mass is 10.1. The van der Waals surface area contributed by atoms with E-state index in [1.807, 2.05) is 20.8 Å². The third-order valence-corrected chi connectivity index (χ3v) is 8.24. The number of rotatable bonds is 7. The first kappa shape index (κ1) is 17.4. The summed E-state index contributed by atoms with van der Waals surface area (Å²) in [5.74, 6) is 0.276. The van der Waals surface area contributed by atoms with Crippen molar-refractivity contribution in [1.29, 1.82) is 0 Å². The van der Waals surface area contributed by atoms with Crippen molar-refractivity contribution in [2.75, 3.05) is 7.05 Å². The van der Waals surface area contributed by atoms with Crippen LogP contribution in [-0.4, -0.2) is 31.9 Å². The lowest BCUT2D eigenvalue weighted by Crippen LogP contribution is -2.38. The SMILES string of the molecule is CC(C)C(C)N(C)S(=O)(=O)c1cc(CNC2CC2)sc1Br. The van der Waals surface area contributed by atoms with Gasteiger partial charge in [0.1, 0.15) is 4.90 Å². The molecule has 0 aliphatic heterocycles. The Hall–Kier alpha value is 0.0500. The summed E-state index contributed by atoms with van der Waals surface area (Å²) in [6, 6.07) is 2.38. The molecular formula is C14H23BrN2O2S2. The van der Waals surface area contributed by atoms with Gasteiger partial charge in [-0.05, 0) is 47.7 Å². The number of nitrogens with one attached hydrogen (secondary N) is 1. The first-order chi connectivity index (χ1) is 9.73. The molecule has 1 atom stereocenters. The number of hydrogen-bond acceptors (Lipinski definition) is 4. The second-order valence-corrected chi connectivity index (χ2v) is 10.4. The zero-order valence-electron chi connectivity index (χ0n) is 12.9. The fraction of sp³-hybridized carbons (Fsp3) is 0.714.